The predicted octanol–water partition coefficient (Wildman–Crippen LogP) is 4.05. The Morgan fingerprint density at radius 3 is 2.55 bits per heavy atom. The van der Waals surface area contributed by atoms with E-state index in [9.17, 15) is 0 Å². The third-order valence-electron chi connectivity index (χ3n) is 3.77. The van der Waals surface area contributed by atoms with E-state index in [1.165, 1.54) is 0 Å². The van der Waals surface area contributed by atoms with E-state index in [0.29, 0.717) is 18.2 Å². The lowest BCUT2D eigenvalue weighted by molar-refractivity contribution is 0.348. The summed E-state index contributed by atoms with van der Waals surface area (Å²) in [6.07, 6.45) is 2.13. The number of hydrogen-bond donors (Lipinski definition) is 0. The standard InChI is InChI=1S/C18H14ClNO2/c19-16-5-6-17-14(10-16)9-15(11-22-17)12-1-3-13(4-2-12)18-20-7-8-21-18/h1-6,9-10H,7-8,11H2. The quantitative estimate of drug-likeness (QED) is 0.837. The van der Waals surface area contributed by atoms with Crippen LogP contribution in [0.25, 0.3) is 11.6 Å². The number of rotatable bonds is 2. The number of nitrogens with zero attached hydrogens (tertiary/aromatic N) is 1. The van der Waals surface area contributed by atoms with E-state index in [2.05, 4.69) is 23.2 Å². The molecule has 0 N–H and O–H groups in total. The number of aliphatic imine (C=N–C) groups is 1. The van der Waals surface area contributed by atoms with Crippen LogP contribution in [0.5, 0.6) is 5.75 Å². The van der Waals surface area contributed by atoms with Crippen molar-refractivity contribution >= 4 is 29.1 Å². The van der Waals surface area contributed by atoms with E-state index in [4.69, 9.17) is 21.1 Å². The smallest absolute Gasteiger partial charge is 0.216 e. The van der Waals surface area contributed by atoms with Crippen molar-refractivity contribution in [3.63, 3.8) is 0 Å². The summed E-state index contributed by atoms with van der Waals surface area (Å²) >= 11 is 6.05. The molecule has 2 aliphatic heterocycles. The molecule has 0 amide bonds. The molecule has 0 atom stereocenters. The summed E-state index contributed by atoms with van der Waals surface area (Å²) < 4.78 is 11.3. The molecule has 2 aliphatic rings. The summed E-state index contributed by atoms with van der Waals surface area (Å²) in [6.45, 7) is 1.98. The van der Waals surface area contributed by atoms with Gasteiger partial charge in [-0.05, 0) is 47.5 Å². The number of halogens is 1. The van der Waals surface area contributed by atoms with Crippen molar-refractivity contribution in [3.8, 4) is 5.75 Å². The van der Waals surface area contributed by atoms with Gasteiger partial charge in [-0.25, -0.2) is 4.99 Å². The van der Waals surface area contributed by atoms with Gasteiger partial charge in [-0.1, -0.05) is 23.7 Å². The molecule has 0 saturated carbocycles. The van der Waals surface area contributed by atoms with Crippen LogP contribution in [-0.2, 0) is 4.74 Å². The number of fused-ring (bicyclic) bond motifs is 1. The first-order chi connectivity index (χ1) is 10.8. The van der Waals surface area contributed by atoms with Gasteiger partial charge in [-0.2, -0.15) is 0 Å². The summed E-state index contributed by atoms with van der Waals surface area (Å²) in [5.74, 6) is 1.61. The van der Waals surface area contributed by atoms with Crippen LogP contribution in [0.15, 0.2) is 47.5 Å². The van der Waals surface area contributed by atoms with Gasteiger partial charge in [0.25, 0.3) is 0 Å². The fraction of sp³-hybridized carbons (Fsp3) is 0.167. The van der Waals surface area contributed by atoms with Crippen molar-refractivity contribution < 1.29 is 9.47 Å². The summed E-state index contributed by atoms with van der Waals surface area (Å²) in [5.41, 5.74) is 4.30. The van der Waals surface area contributed by atoms with Gasteiger partial charge in [0.05, 0.1) is 6.54 Å². The zero-order chi connectivity index (χ0) is 14.9. The molecule has 4 rings (SSSR count). The Hall–Kier alpha value is -2.26. The molecule has 0 aliphatic carbocycles. The van der Waals surface area contributed by atoms with Gasteiger partial charge < -0.3 is 9.47 Å². The molecule has 0 spiro atoms. The first-order valence-corrected chi connectivity index (χ1v) is 7.58. The molecule has 0 fully saturated rings. The van der Waals surface area contributed by atoms with E-state index in [1.54, 1.807) is 0 Å². The fourth-order valence-electron chi connectivity index (χ4n) is 2.65. The maximum Gasteiger partial charge on any atom is 0.216 e. The van der Waals surface area contributed by atoms with Crippen LogP contribution in [-0.4, -0.2) is 25.7 Å². The second-order valence-corrected chi connectivity index (χ2v) is 5.69. The van der Waals surface area contributed by atoms with E-state index >= 15 is 0 Å². The minimum atomic E-state index is 0.561. The highest BCUT2D eigenvalue weighted by molar-refractivity contribution is 6.30. The minimum absolute atomic E-state index is 0.561. The average Bonchev–Trinajstić information content (AvgIpc) is 3.09. The van der Waals surface area contributed by atoms with Gasteiger partial charge >= 0.3 is 0 Å². The van der Waals surface area contributed by atoms with Crippen LogP contribution < -0.4 is 4.74 Å². The highest BCUT2D eigenvalue weighted by Gasteiger charge is 2.14. The topological polar surface area (TPSA) is 30.8 Å². The van der Waals surface area contributed by atoms with E-state index in [0.717, 1.165) is 40.5 Å². The van der Waals surface area contributed by atoms with Crippen LogP contribution in [0.1, 0.15) is 16.7 Å². The molecule has 0 saturated heterocycles. The molecule has 2 aromatic rings. The number of ether oxygens (including phenoxy) is 2. The summed E-state index contributed by atoms with van der Waals surface area (Å²) in [5, 5.41) is 0.714. The Morgan fingerprint density at radius 2 is 1.77 bits per heavy atom. The second-order valence-electron chi connectivity index (χ2n) is 5.25. The molecule has 0 unspecified atom stereocenters. The lowest BCUT2D eigenvalue weighted by Crippen LogP contribution is -2.07. The van der Waals surface area contributed by atoms with Gasteiger partial charge in [-0.15, -0.1) is 0 Å². The Balaban J connectivity index is 1.65. The molecular formula is C18H14ClNO2. The Morgan fingerprint density at radius 1 is 0.955 bits per heavy atom. The Bertz CT molecular complexity index is 778. The van der Waals surface area contributed by atoms with E-state index in [1.807, 2.05) is 30.3 Å². The maximum atomic E-state index is 6.05. The summed E-state index contributed by atoms with van der Waals surface area (Å²) in [6, 6.07) is 13.9. The molecule has 3 nitrogen and oxygen atoms in total. The van der Waals surface area contributed by atoms with Crippen LogP contribution >= 0.6 is 11.6 Å². The van der Waals surface area contributed by atoms with Crippen molar-refractivity contribution in [1.29, 1.82) is 0 Å². The lowest BCUT2D eigenvalue weighted by Gasteiger charge is -2.18. The monoisotopic (exact) mass is 311 g/mol. The maximum absolute atomic E-state index is 6.05. The minimum Gasteiger partial charge on any atom is -0.488 e. The van der Waals surface area contributed by atoms with Crippen LogP contribution in [0, 0.1) is 0 Å². The molecule has 2 heterocycles. The lowest BCUT2D eigenvalue weighted by atomic mass is 10.00. The van der Waals surface area contributed by atoms with E-state index < -0.39 is 0 Å². The molecule has 110 valence electrons. The molecule has 0 bridgehead atoms. The Labute approximate surface area is 133 Å². The third kappa shape index (κ3) is 2.48. The van der Waals surface area contributed by atoms with Crippen LogP contribution in [0.2, 0.25) is 5.02 Å². The predicted molar refractivity (Wildman–Crippen MR) is 88.6 cm³/mol. The zero-order valence-electron chi connectivity index (χ0n) is 11.9. The first-order valence-electron chi connectivity index (χ1n) is 7.20. The van der Waals surface area contributed by atoms with Gasteiger partial charge in [0.2, 0.25) is 5.90 Å². The van der Waals surface area contributed by atoms with Crippen molar-refractivity contribution in [2.24, 2.45) is 4.99 Å². The summed E-state index contributed by atoms with van der Waals surface area (Å²) in [7, 11) is 0. The third-order valence-corrected chi connectivity index (χ3v) is 4.01. The average molecular weight is 312 g/mol. The Kier molecular flexibility index (Phi) is 3.35. The highest BCUT2D eigenvalue weighted by atomic mass is 35.5. The molecule has 2 aromatic carbocycles. The highest BCUT2D eigenvalue weighted by Crippen LogP contribution is 2.32. The first kappa shape index (κ1) is 13.4. The van der Waals surface area contributed by atoms with Crippen molar-refractivity contribution in [2.45, 2.75) is 0 Å². The molecule has 4 heteroatoms. The van der Waals surface area contributed by atoms with Gasteiger partial charge in [0, 0.05) is 16.1 Å². The summed E-state index contributed by atoms with van der Waals surface area (Å²) in [4.78, 5) is 4.33. The van der Waals surface area contributed by atoms with Gasteiger partial charge in [-0.3, -0.25) is 0 Å². The molecule has 0 radical (unpaired) electrons. The number of hydrogen-bond acceptors (Lipinski definition) is 3. The van der Waals surface area contributed by atoms with Crippen molar-refractivity contribution in [1.82, 2.24) is 0 Å². The fourth-order valence-corrected chi connectivity index (χ4v) is 2.83. The number of benzene rings is 2. The normalized spacial score (nSPS) is 16.2. The SMILES string of the molecule is Clc1ccc2c(c1)C=C(c1ccc(C3=NCCO3)cc1)CO2. The molecule has 0 aromatic heterocycles. The van der Waals surface area contributed by atoms with Gasteiger partial charge in [0.15, 0.2) is 0 Å². The largest absolute Gasteiger partial charge is 0.488 e. The van der Waals surface area contributed by atoms with Crippen LogP contribution in [0.4, 0.5) is 0 Å². The van der Waals surface area contributed by atoms with E-state index in [-0.39, 0.29) is 0 Å². The zero-order valence-corrected chi connectivity index (χ0v) is 12.6. The molecular weight excluding hydrogens is 298 g/mol. The second kappa shape index (κ2) is 5.50. The molecule has 22 heavy (non-hydrogen) atoms. The van der Waals surface area contributed by atoms with Crippen molar-refractivity contribution in [2.75, 3.05) is 19.8 Å². The van der Waals surface area contributed by atoms with Crippen LogP contribution in [0.3, 0.4) is 0 Å². The van der Waals surface area contributed by atoms with Crippen molar-refractivity contribution in [3.05, 3.63) is 64.2 Å². The van der Waals surface area contributed by atoms with Gasteiger partial charge in [0.1, 0.15) is 19.0 Å².